The van der Waals surface area contributed by atoms with Crippen LogP contribution in [-0.4, -0.2) is 26.4 Å². The van der Waals surface area contributed by atoms with Gasteiger partial charge in [-0.1, -0.05) is 44.2 Å². The lowest BCUT2D eigenvalue weighted by Gasteiger charge is -2.33. The minimum Gasteiger partial charge on any atom is -0.376 e. The Morgan fingerprint density at radius 1 is 1.12 bits per heavy atom. The number of nitrogens with zero attached hydrogens (tertiary/aromatic N) is 1. The summed E-state index contributed by atoms with van der Waals surface area (Å²) >= 11 is 0. The summed E-state index contributed by atoms with van der Waals surface area (Å²) in [6.45, 7) is 6.03. The summed E-state index contributed by atoms with van der Waals surface area (Å²) in [7, 11) is -2.49. The lowest BCUT2D eigenvalue weighted by atomic mass is 9.78. The van der Waals surface area contributed by atoms with Gasteiger partial charge in [-0.25, -0.2) is 13.1 Å². The highest BCUT2D eigenvalue weighted by Gasteiger charge is 2.30. The van der Waals surface area contributed by atoms with Gasteiger partial charge in [0.05, 0.1) is 9.82 Å². The molecule has 0 heterocycles. The molecule has 0 saturated heterocycles. The van der Waals surface area contributed by atoms with Crippen LogP contribution in [0.2, 0.25) is 0 Å². The Morgan fingerprint density at radius 3 is 2.27 bits per heavy atom. The maximum atomic E-state index is 11.9. The normalized spacial score (nSPS) is 13.2. The highest BCUT2D eigenvalue weighted by Crippen LogP contribution is 2.33. The van der Waals surface area contributed by atoms with Crippen LogP contribution in [0.3, 0.4) is 0 Å². The molecule has 7 nitrogen and oxygen atoms in total. The summed E-state index contributed by atoms with van der Waals surface area (Å²) in [5, 5.41) is 14.6. The summed E-state index contributed by atoms with van der Waals surface area (Å²) in [4.78, 5) is 10.7. The number of nitro benzene ring substituents is 1. The first-order valence-electron chi connectivity index (χ1n) is 8.13. The topological polar surface area (TPSA) is 101 Å². The van der Waals surface area contributed by atoms with Crippen molar-refractivity contribution >= 4 is 21.4 Å². The molecule has 0 fully saturated rings. The number of nitrogens with one attached hydrogen (secondary N) is 2. The number of hydrogen-bond donors (Lipinski definition) is 2. The van der Waals surface area contributed by atoms with Gasteiger partial charge in [0, 0.05) is 17.5 Å². The van der Waals surface area contributed by atoms with Crippen LogP contribution in [-0.2, 0) is 15.4 Å². The van der Waals surface area contributed by atoms with Gasteiger partial charge in [0.25, 0.3) is 5.69 Å². The Morgan fingerprint density at radius 2 is 1.73 bits per heavy atom. The average molecular weight is 377 g/mol. The van der Waals surface area contributed by atoms with Gasteiger partial charge in [0.2, 0.25) is 10.0 Å². The molecule has 2 aromatic rings. The van der Waals surface area contributed by atoms with E-state index in [4.69, 9.17) is 0 Å². The molecule has 2 aromatic carbocycles. The number of rotatable bonds is 7. The molecule has 1 atom stereocenters. The maximum absolute atomic E-state index is 11.9. The van der Waals surface area contributed by atoms with E-state index in [2.05, 4.69) is 10.0 Å². The molecule has 1 unspecified atom stereocenters. The van der Waals surface area contributed by atoms with Gasteiger partial charge < -0.3 is 5.32 Å². The van der Waals surface area contributed by atoms with Gasteiger partial charge in [0.15, 0.2) is 0 Å². The van der Waals surface area contributed by atoms with Crippen molar-refractivity contribution in [1.82, 2.24) is 4.72 Å². The molecule has 0 aliphatic heterocycles. The van der Waals surface area contributed by atoms with Crippen molar-refractivity contribution in [1.29, 1.82) is 0 Å². The second-order valence-electron chi connectivity index (χ2n) is 6.60. The van der Waals surface area contributed by atoms with Crippen LogP contribution in [0.25, 0.3) is 0 Å². The Hall–Kier alpha value is -2.45. The molecule has 0 aliphatic rings. The van der Waals surface area contributed by atoms with E-state index in [1.165, 1.54) is 19.2 Å². The van der Waals surface area contributed by atoms with E-state index in [-0.39, 0.29) is 27.7 Å². The highest BCUT2D eigenvalue weighted by molar-refractivity contribution is 7.89. The predicted octanol–water partition coefficient (Wildman–Crippen LogP) is 3.28. The van der Waals surface area contributed by atoms with Crippen molar-refractivity contribution in [2.45, 2.75) is 37.1 Å². The minimum atomic E-state index is -3.75. The molecule has 0 aliphatic carbocycles. The van der Waals surface area contributed by atoms with Crippen molar-refractivity contribution in [3.05, 3.63) is 64.2 Å². The zero-order valence-corrected chi connectivity index (χ0v) is 16.0. The van der Waals surface area contributed by atoms with Crippen LogP contribution < -0.4 is 10.0 Å². The van der Waals surface area contributed by atoms with E-state index in [1.54, 1.807) is 0 Å². The lowest BCUT2D eigenvalue weighted by Crippen LogP contribution is -2.37. The van der Waals surface area contributed by atoms with Gasteiger partial charge >= 0.3 is 0 Å². The number of anilines is 1. The van der Waals surface area contributed by atoms with Crippen molar-refractivity contribution in [3.8, 4) is 0 Å². The number of nitro groups is 1. The molecule has 0 radical (unpaired) electrons. The minimum absolute atomic E-state index is 0.143. The Kier molecular flexibility index (Phi) is 5.68. The zero-order chi connectivity index (χ0) is 19.5. The Balaban J connectivity index is 2.38. The van der Waals surface area contributed by atoms with Gasteiger partial charge in [0.1, 0.15) is 5.69 Å². The van der Waals surface area contributed by atoms with E-state index < -0.39 is 14.9 Å². The third-order valence-electron chi connectivity index (χ3n) is 4.72. The number of hydrogen-bond acceptors (Lipinski definition) is 5. The summed E-state index contributed by atoms with van der Waals surface area (Å²) in [5.41, 5.74) is 0.792. The van der Waals surface area contributed by atoms with E-state index in [0.717, 1.165) is 11.6 Å². The molecule has 0 spiro atoms. The first-order valence-corrected chi connectivity index (χ1v) is 9.62. The standard InChI is InChI=1S/C18H23N3O4S/c1-13(18(2,3)14-8-6-5-7-9-14)20-16-11-10-15(26(24,25)19-4)12-17(16)21(22)23/h5-13,19-20H,1-4H3. The van der Waals surface area contributed by atoms with Gasteiger partial charge in [-0.3, -0.25) is 10.1 Å². The fourth-order valence-corrected chi connectivity index (χ4v) is 3.35. The molecule has 0 bridgehead atoms. The van der Waals surface area contributed by atoms with E-state index in [0.29, 0.717) is 0 Å². The molecule has 140 valence electrons. The summed E-state index contributed by atoms with van der Waals surface area (Å²) in [5.74, 6) is 0. The second kappa shape index (κ2) is 7.43. The van der Waals surface area contributed by atoms with Crippen molar-refractivity contribution in [2.75, 3.05) is 12.4 Å². The van der Waals surface area contributed by atoms with Crippen molar-refractivity contribution in [2.24, 2.45) is 0 Å². The Labute approximate surface area is 153 Å². The third-order valence-corrected chi connectivity index (χ3v) is 6.13. The molecule has 0 aromatic heterocycles. The molecule has 26 heavy (non-hydrogen) atoms. The summed E-state index contributed by atoms with van der Waals surface area (Å²) < 4.78 is 26.0. The maximum Gasteiger partial charge on any atom is 0.293 e. The van der Waals surface area contributed by atoms with E-state index in [1.807, 2.05) is 51.1 Å². The fraction of sp³-hybridized carbons (Fsp3) is 0.333. The van der Waals surface area contributed by atoms with Crippen LogP contribution in [0.15, 0.2) is 53.4 Å². The number of sulfonamides is 1. The fourth-order valence-electron chi connectivity index (χ4n) is 2.60. The molecule has 0 saturated carbocycles. The average Bonchev–Trinajstić information content (AvgIpc) is 2.62. The molecule has 2 N–H and O–H groups in total. The van der Waals surface area contributed by atoms with Crippen molar-refractivity contribution in [3.63, 3.8) is 0 Å². The molecule has 0 amide bonds. The predicted molar refractivity (Wildman–Crippen MR) is 102 cm³/mol. The first-order chi connectivity index (χ1) is 12.1. The molecular formula is C18H23N3O4S. The highest BCUT2D eigenvalue weighted by atomic mass is 32.2. The lowest BCUT2D eigenvalue weighted by molar-refractivity contribution is -0.384. The van der Waals surface area contributed by atoms with E-state index >= 15 is 0 Å². The first kappa shape index (κ1) is 19.9. The van der Waals surface area contributed by atoms with Crippen LogP contribution in [0.1, 0.15) is 26.3 Å². The van der Waals surface area contributed by atoms with Crippen LogP contribution in [0, 0.1) is 10.1 Å². The van der Waals surface area contributed by atoms with Crippen LogP contribution in [0.5, 0.6) is 0 Å². The largest absolute Gasteiger partial charge is 0.376 e. The molecule has 2 rings (SSSR count). The van der Waals surface area contributed by atoms with Crippen LogP contribution >= 0.6 is 0 Å². The Bertz CT molecular complexity index is 896. The number of benzene rings is 2. The van der Waals surface area contributed by atoms with Gasteiger partial charge in [-0.05, 0) is 31.7 Å². The quantitative estimate of drug-likeness (QED) is 0.569. The zero-order valence-electron chi connectivity index (χ0n) is 15.2. The van der Waals surface area contributed by atoms with Crippen molar-refractivity contribution < 1.29 is 13.3 Å². The van der Waals surface area contributed by atoms with Gasteiger partial charge in [-0.15, -0.1) is 0 Å². The SMILES string of the molecule is CNS(=O)(=O)c1ccc(NC(C)C(C)(C)c2ccccc2)c([N+](=O)[O-])c1. The molecule has 8 heteroatoms. The second-order valence-corrected chi connectivity index (χ2v) is 8.48. The van der Waals surface area contributed by atoms with Crippen LogP contribution in [0.4, 0.5) is 11.4 Å². The monoisotopic (exact) mass is 377 g/mol. The summed E-state index contributed by atoms with van der Waals surface area (Å²) in [6.07, 6.45) is 0. The smallest absolute Gasteiger partial charge is 0.293 e. The van der Waals surface area contributed by atoms with Gasteiger partial charge in [-0.2, -0.15) is 0 Å². The van der Waals surface area contributed by atoms with E-state index in [9.17, 15) is 18.5 Å². The molecular weight excluding hydrogens is 354 g/mol. The summed E-state index contributed by atoms with van der Waals surface area (Å²) in [6, 6.07) is 13.6. The third kappa shape index (κ3) is 4.03.